The molecule has 0 aromatic heterocycles. The molecule has 0 fully saturated rings. The highest BCUT2D eigenvalue weighted by Gasteiger charge is 2.23. The molecule has 0 saturated heterocycles. The second-order valence-electron chi connectivity index (χ2n) is 4.93. The predicted octanol–water partition coefficient (Wildman–Crippen LogP) is 3.83. The first-order valence-electron chi connectivity index (χ1n) is 5.74. The van der Waals surface area contributed by atoms with E-state index in [9.17, 15) is 5.26 Å². The molecule has 0 bridgehead atoms. The minimum atomic E-state index is -1.72. The lowest BCUT2D eigenvalue weighted by Gasteiger charge is -2.23. The summed E-state index contributed by atoms with van der Waals surface area (Å²) < 4.78 is 5.90. The average molecular weight is 245 g/mol. The summed E-state index contributed by atoms with van der Waals surface area (Å²) in [6.07, 6.45) is 2.16. The third-order valence-corrected chi connectivity index (χ3v) is 3.23. The Balaban J connectivity index is 3.04. The summed E-state index contributed by atoms with van der Waals surface area (Å²) in [7, 11) is -1.72. The molecular weight excluding hydrogens is 226 g/mol. The molecule has 0 saturated carbocycles. The van der Waals surface area contributed by atoms with Crippen LogP contribution in [0.25, 0.3) is 0 Å². The highest BCUT2D eigenvalue weighted by atomic mass is 28.4. The first kappa shape index (κ1) is 13.7. The van der Waals surface area contributed by atoms with Gasteiger partial charge in [0.1, 0.15) is 0 Å². The van der Waals surface area contributed by atoms with Crippen molar-refractivity contribution in [3.63, 3.8) is 0 Å². The van der Waals surface area contributed by atoms with Gasteiger partial charge in [0.05, 0.1) is 6.07 Å². The fourth-order valence-corrected chi connectivity index (χ4v) is 2.53. The van der Waals surface area contributed by atoms with Gasteiger partial charge in [-0.05, 0) is 37.2 Å². The largest absolute Gasteiger partial charge is 0.399 e. The summed E-state index contributed by atoms with van der Waals surface area (Å²) in [4.78, 5) is 0. The first-order chi connectivity index (χ1) is 7.98. The van der Waals surface area contributed by atoms with Crippen LogP contribution in [0.1, 0.15) is 17.2 Å². The van der Waals surface area contributed by atoms with Gasteiger partial charge in [-0.3, -0.25) is 0 Å². The molecule has 0 heterocycles. The highest BCUT2D eigenvalue weighted by Crippen LogP contribution is 2.25. The highest BCUT2D eigenvalue weighted by molar-refractivity contribution is 6.69. The van der Waals surface area contributed by atoms with E-state index >= 15 is 0 Å². The fraction of sp³-hybridized carbons (Fsp3) is 0.357. The number of allylic oxidation sites excluding steroid dienone is 1. The topological polar surface area (TPSA) is 33.0 Å². The molecule has 0 aliphatic carbocycles. The molecule has 0 radical (unpaired) electrons. The van der Waals surface area contributed by atoms with E-state index in [0.29, 0.717) is 0 Å². The number of nitriles is 1. The van der Waals surface area contributed by atoms with Crippen molar-refractivity contribution in [3.05, 3.63) is 48.0 Å². The van der Waals surface area contributed by atoms with Crippen LogP contribution in [0.5, 0.6) is 0 Å². The molecule has 1 atom stereocenters. The Morgan fingerprint density at radius 3 is 2.59 bits per heavy atom. The maximum absolute atomic E-state index is 9.26. The Morgan fingerprint density at radius 2 is 2.06 bits per heavy atom. The molecule has 0 aliphatic heterocycles. The zero-order valence-corrected chi connectivity index (χ0v) is 11.7. The molecule has 1 unspecified atom stereocenters. The van der Waals surface area contributed by atoms with Crippen LogP contribution in [0.3, 0.4) is 0 Å². The van der Waals surface area contributed by atoms with E-state index in [4.69, 9.17) is 4.43 Å². The summed E-state index contributed by atoms with van der Waals surface area (Å²) in [5, 5.41) is 9.26. The minimum absolute atomic E-state index is 0.460. The monoisotopic (exact) mass is 245 g/mol. The summed E-state index contributed by atoms with van der Waals surface area (Å²) in [5.74, 6) is 0. The van der Waals surface area contributed by atoms with Gasteiger partial charge in [0.25, 0.3) is 0 Å². The van der Waals surface area contributed by atoms with E-state index in [-0.39, 0.29) is 0 Å². The van der Waals surface area contributed by atoms with E-state index in [2.05, 4.69) is 32.3 Å². The van der Waals surface area contributed by atoms with Gasteiger partial charge in [0.15, 0.2) is 14.4 Å². The normalized spacial score (nSPS) is 12.8. The van der Waals surface area contributed by atoms with Gasteiger partial charge >= 0.3 is 0 Å². The molecule has 0 amide bonds. The maximum atomic E-state index is 9.26. The summed E-state index contributed by atoms with van der Waals surface area (Å²) in [6.45, 7) is 10.0. The standard InChI is InChI=1S/C14H19NOSi/c1-5-8-12-9-6-7-10-13(12)14(11-15)16-17(2,3)4/h5-7,9-10,14H,1,8H2,2-4H3. The lowest BCUT2D eigenvalue weighted by Crippen LogP contribution is -2.27. The van der Waals surface area contributed by atoms with E-state index in [1.807, 2.05) is 30.3 Å². The summed E-state index contributed by atoms with van der Waals surface area (Å²) >= 11 is 0. The second kappa shape index (κ2) is 5.81. The minimum Gasteiger partial charge on any atom is -0.399 e. The number of hydrogen-bond donors (Lipinski definition) is 0. The predicted molar refractivity (Wildman–Crippen MR) is 73.1 cm³/mol. The molecule has 0 N–H and O–H groups in total. The van der Waals surface area contributed by atoms with Crippen molar-refractivity contribution in [3.8, 4) is 6.07 Å². The molecule has 2 nitrogen and oxygen atoms in total. The van der Waals surface area contributed by atoms with Crippen LogP contribution in [0.2, 0.25) is 19.6 Å². The van der Waals surface area contributed by atoms with Crippen molar-refractivity contribution in [1.29, 1.82) is 5.26 Å². The number of hydrogen-bond acceptors (Lipinski definition) is 2. The molecular formula is C14H19NOSi. The van der Waals surface area contributed by atoms with Crippen molar-refractivity contribution in [2.24, 2.45) is 0 Å². The van der Waals surface area contributed by atoms with Gasteiger partial charge in [-0.1, -0.05) is 30.3 Å². The van der Waals surface area contributed by atoms with Crippen molar-refractivity contribution in [1.82, 2.24) is 0 Å². The maximum Gasteiger partial charge on any atom is 0.186 e. The Kier molecular flexibility index (Phi) is 4.68. The van der Waals surface area contributed by atoms with Crippen LogP contribution in [-0.2, 0) is 10.8 Å². The SMILES string of the molecule is C=CCc1ccccc1C(C#N)O[Si](C)(C)C. The van der Waals surface area contributed by atoms with Crippen molar-refractivity contribution in [2.75, 3.05) is 0 Å². The van der Waals surface area contributed by atoms with Crippen molar-refractivity contribution < 1.29 is 4.43 Å². The Labute approximate surface area is 105 Å². The third kappa shape index (κ3) is 4.18. The summed E-state index contributed by atoms with van der Waals surface area (Å²) in [6, 6.07) is 10.2. The number of nitrogens with zero attached hydrogens (tertiary/aromatic N) is 1. The molecule has 1 aromatic carbocycles. The van der Waals surface area contributed by atoms with Gasteiger partial charge in [-0.15, -0.1) is 6.58 Å². The van der Waals surface area contributed by atoms with Gasteiger partial charge in [-0.25, -0.2) is 0 Å². The Bertz CT molecular complexity index is 429. The summed E-state index contributed by atoms with van der Waals surface area (Å²) in [5.41, 5.74) is 2.09. The van der Waals surface area contributed by atoms with Crippen LogP contribution in [-0.4, -0.2) is 8.32 Å². The molecule has 0 spiro atoms. The smallest absolute Gasteiger partial charge is 0.186 e. The molecule has 0 aliphatic rings. The van der Waals surface area contributed by atoms with Crippen LogP contribution in [0, 0.1) is 11.3 Å². The van der Waals surface area contributed by atoms with Crippen LogP contribution >= 0.6 is 0 Å². The van der Waals surface area contributed by atoms with Gasteiger partial charge < -0.3 is 4.43 Å². The quantitative estimate of drug-likeness (QED) is 0.583. The molecule has 90 valence electrons. The van der Waals surface area contributed by atoms with Gasteiger partial charge in [0, 0.05) is 0 Å². The zero-order valence-electron chi connectivity index (χ0n) is 10.7. The number of rotatable bonds is 5. The second-order valence-corrected chi connectivity index (χ2v) is 9.39. The average Bonchev–Trinajstić information content (AvgIpc) is 2.26. The van der Waals surface area contributed by atoms with E-state index in [1.165, 1.54) is 0 Å². The lowest BCUT2D eigenvalue weighted by atomic mass is 10.0. The Morgan fingerprint density at radius 1 is 1.41 bits per heavy atom. The zero-order chi connectivity index (χ0) is 12.9. The van der Waals surface area contributed by atoms with E-state index in [0.717, 1.165) is 17.5 Å². The van der Waals surface area contributed by atoms with Gasteiger partial charge in [0.2, 0.25) is 0 Å². The fourth-order valence-electron chi connectivity index (χ4n) is 1.64. The first-order valence-corrected chi connectivity index (χ1v) is 9.15. The lowest BCUT2D eigenvalue weighted by molar-refractivity contribution is 0.254. The molecule has 17 heavy (non-hydrogen) atoms. The van der Waals surface area contributed by atoms with Crippen molar-refractivity contribution >= 4 is 8.32 Å². The van der Waals surface area contributed by atoms with Crippen LogP contribution in [0.4, 0.5) is 0 Å². The third-order valence-electron chi connectivity index (χ3n) is 2.29. The molecule has 1 aromatic rings. The molecule has 1 rings (SSSR count). The van der Waals surface area contributed by atoms with Crippen LogP contribution in [0.15, 0.2) is 36.9 Å². The molecule has 3 heteroatoms. The van der Waals surface area contributed by atoms with E-state index in [1.54, 1.807) is 0 Å². The van der Waals surface area contributed by atoms with E-state index < -0.39 is 14.4 Å². The number of benzene rings is 1. The van der Waals surface area contributed by atoms with Crippen molar-refractivity contribution in [2.45, 2.75) is 32.2 Å². The van der Waals surface area contributed by atoms with Crippen LogP contribution < -0.4 is 0 Å². The van der Waals surface area contributed by atoms with Gasteiger partial charge in [-0.2, -0.15) is 5.26 Å². The Hall–Kier alpha value is -1.37.